The van der Waals surface area contributed by atoms with Crippen LogP contribution in [0.3, 0.4) is 0 Å². The van der Waals surface area contributed by atoms with Crippen LogP contribution >= 0.6 is 11.6 Å². The van der Waals surface area contributed by atoms with E-state index in [0.717, 1.165) is 47.2 Å². The lowest BCUT2D eigenvalue weighted by Gasteiger charge is -2.32. The van der Waals surface area contributed by atoms with Crippen molar-refractivity contribution in [2.75, 3.05) is 6.54 Å². The lowest BCUT2D eigenvalue weighted by Crippen LogP contribution is -2.41. The minimum atomic E-state index is -0.534. The Hall–Kier alpha value is -1.16. The average Bonchev–Trinajstić information content (AvgIpc) is 2.50. The van der Waals surface area contributed by atoms with E-state index < -0.39 is 5.60 Å². The summed E-state index contributed by atoms with van der Waals surface area (Å²) in [6.07, 6.45) is 7.09. The Bertz CT molecular complexity index is 623. The highest BCUT2D eigenvalue weighted by Crippen LogP contribution is 2.28. The lowest BCUT2D eigenvalue weighted by molar-refractivity contribution is 0.00469. The summed E-state index contributed by atoms with van der Waals surface area (Å²) in [5.74, 6) is 0. The standard InChI is InChI=1S/C17H21ClN2O/c18-15-7-6-13(16-14(15)5-4-10-20-16)11-19-12-17(21)8-2-1-3-9-17/h4-7,10,19,21H,1-3,8-9,11-12H2. The van der Waals surface area contributed by atoms with Gasteiger partial charge in [-0.3, -0.25) is 4.98 Å². The molecule has 0 atom stereocenters. The molecule has 1 saturated carbocycles. The SMILES string of the molecule is OC1(CNCc2ccc(Cl)c3cccnc23)CCCCC1. The molecule has 1 aliphatic carbocycles. The third-order valence-corrected chi connectivity index (χ3v) is 4.68. The number of rotatable bonds is 4. The molecule has 0 spiro atoms. The number of aromatic nitrogens is 1. The number of pyridine rings is 1. The summed E-state index contributed by atoms with van der Waals surface area (Å²) in [4.78, 5) is 4.44. The van der Waals surface area contributed by atoms with Crippen LogP contribution in [0.4, 0.5) is 0 Å². The highest BCUT2D eigenvalue weighted by molar-refractivity contribution is 6.35. The van der Waals surface area contributed by atoms with E-state index in [1.807, 2.05) is 24.3 Å². The van der Waals surface area contributed by atoms with Crippen LogP contribution < -0.4 is 5.32 Å². The highest BCUT2D eigenvalue weighted by Gasteiger charge is 2.28. The van der Waals surface area contributed by atoms with Crippen molar-refractivity contribution in [1.29, 1.82) is 0 Å². The zero-order valence-corrected chi connectivity index (χ0v) is 12.9. The molecule has 4 heteroatoms. The summed E-state index contributed by atoms with van der Waals surface area (Å²) in [6, 6.07) is 7.81. The number of halogens is 1. The van der Waals surface area contributed by atoms with Crippen LogP contribution in [-0.4, -0.2) is 22.2 Å². The van der Waals surface area contributed by atoms with Crippen molar-refractivity contribution in [2.24, 2.45) is 0 Å². The lowest BCUT2D eigenvalue weighted by atomic mass is 9.85. The Labute approximate surface area is 130 Å². The van der Waals surface area contributed by atoms with Crippen molar-refractivity contribution >= 4 is 22.5 Å². The van der Waals surface area contributed by atoms with Crippen LogP contribution in [0.15, 0.2) is 30.5 Å². The Morgan fingerprint density at radius 2 is 2.00 bits per heavy atom. The van der Waals surface area contributed by atoms with Gasteiger partial charge in [0.05, 0.1) is 11.1 Å². The minimum absolute atomic E-state index is 0.534. The molecule has 0 aliphatic heterocycles. The van der Waals surface area contributed by atoms with Crippen LogP contribution in [-0.2, 0) is 6.54 Å². The highest BCUT2D eigenvalue weighted by atomic mass is 35.5. The van der Waals surface area contributed by atoms with E-state index in [4.69, 9.17) is 11.6 Å². The van der Waals surface area contributed by atoms with E-state index in [9.17, 15) is 5.11 Å². The Morgan fingerprint density at radius 1 is 1.19 bits per heavy atom. The number of nitrogens with one attached hydrogen (secondary N) is 1. The third-order valence-electron chi connectivity index (χ3n) is 4.35. The summed E-state index contributed by atoms with van der Waals surface area (Å²) >= 11 is 6.21. The van der Waals surface area contributed by atoms with Gasteiger partial charge in [-0.1, -0.05) is 36.9 Å². The van der Waals surface area contributed by atoms with Crippen molar-refractivity contribution in [2.45, 2.75) is 44.2 Å². The fraction of sp³-hybridized carbons (Fsp3) is 0.471. The molecular weight excluding hydrogens is 284 g/mol. The predicted molar refractivity (Wildman–Crippen MR) is 86.5 cm³/mol. The zero-order chi connectivity index (χ0) is 14.7. The summed E-state index contributed by atoms with van der Waals surface area (Å²) < 4.78 is 0. The fourth-order valence-electron chi connectivity index (χ4n) is 3.16. The topological polar surface area (TPSA) is 45.1 Å². The maximum absolute atomic E-state index is 10.5. The second kappa shape index (κ2) is 6.30. The van der Waals surface area contributed by atoms with Crippen LogP contribution in [0.2, 0.25) is 5.02 Å². The molecule has 0 saturated heterocycles. The number of aliphatic hydroxyl groups is 1. The van der Waals surface area contributed by atoms with Gasteiger partial charge in [0.15, 0.2) is 0 Å². The molecule has 2 N–H and O–H groups in total. The Kier molecular flexibility index (Phi) is 4.43. The van der Waals surface area contributed by atoms with E-state index in [-0.39, 0.29) is 0 Å². The largest absolute Gasteiger partial charge is 0.389 e. The molecule has 1 aliphatic rings. The van der Waals surface area contributed by atoms with Gasteiger partial charge in [-0.25, -0.2) is 0 Å². The van der Waals surface area contributed by atoms with Gasteiger partial charge in [-0.15, -0.1) is 0 Å². The quantitative estimate of drug-likeness (QED) is 0.906. The molecule has 112 valence electrons. The van der Waals surface area contributed by atoms with Crippen molar-refractivity contribution in [3.63, 3.8) is 0 Å². The normalized spacial score (nSPS) is 18.0. The molecule has 0 bridgehead atoms. The molecule has 2 aromatic rings. The Morgan fingerprint density at radius 3 is 2.81 bits per heavy atom. The number of fused-ring (bicyclic) bond motifs is 1. The molecular formula is C17H21ClN2O. The van der Waals surface area contributed by atoms with Gasteiger partial charge in [0.25, 0.3) is 0 Å². The number of nitrogens with zero attached hydrogens (tertiary/aromatic N) is 1. The summed E-state index contributed by atoms with van der Waals surface area (Å²) in [7, 11) is 0. The predicted octanol–water partition coefficient (Wildman–Crippen LogP) is 3.67. The summed E-state index contributed by atoms with van der Waals surface area (Å²) in [5.41, 5.74) is 1.52. The van der Waals surface area contributed by atoms with Gasteiger partial charge >= 0.3 is 0 Å². The molecule has 0 radical (unpaired) electrons. The monoisotopic (exact) mass is 304 g/mol. The van der Waals surface area contributed by atoms with Gasteiger partial charge in [0.1, 0.15) is 0 Å². The number of benzene rings is 1. The second-order valence-corrected chi connectivity index (χ2v) is 6.40. The molecule has 3 nitrogen and oxygen atoms in total. The fourth-order valence-corrected chi connectivity index (χ4v) is 3.37. The van der Waals surface area contributed by atoms with Crippen LogP contribution in [0.25, 0.3) is 10.9 Å². The van der Waals surface area contributed by atoms with Crippen molar-refractivity contribution in [3.05, 3.63) is 41.0 Å². The Balaban J connectivity index is 1.69. The summed E-state index contributed by atoms with van der Waals surface area (Å²) in [5, 5.41) is 15.6. The first kappa shape index (κ1) is 14.8. The van der Waals surface area contributed by atoms with E-state index in [1.54, 1.807) is 6.20 Å². The van der Waals surface area contributed by atoms with E-state index >= 15 is 0 Å². The van der Waals surface area contributed by atoms with E-state index in [0.29, 0.717) is 13.1 Å². The first-order valence-electron chi connectivity index (χ1n) is 7.63. The number of hydrogen-bond donors (Lipinski definition) is 2. The molecule has 1 fully saturated rings. The van der Waals surface area contributed by atoms with Crippen molar-refractivity contribution < 1.29 is 5.11 Å². The van der Waals surface area contributed by atoms with Gasteiger partial charge in [0, 0.05) is 29.7 Å². The van der Waals surface area contributed by atoms with Gasteiger partial charge < -0.3 is 10.4 Å². The molecule has 1 aromatic carbocycles. The molecule has 3 rings (SSSR count). The third kappa shape index (κ3) is 3.37. The van der Waals surface area contributed by atoms with Crippen LogP contribution in [0.1, 0.15) is 37.7 Å². The summed E-state index contributed by atoms with van der Waals surface area (Å²) in [6.45, 7) is 1.34. The molecule has 0 amide bonds. The van der Waals surface area contributed by atoms with E-state index in [2.05, 4.69) is 10.3 Å². The van der Waals surface area contributed by atoms with Gasteiger partial charge in [-0.05, 0) is 36.6 Å². The van der Waals surface area contributed by atoms with E-state index in [1.165, 1.54) is 6.42 Å². The van der Waals surface area contributed by atoms with Crippen molar-refractivity contribution in [3.8, 4) is 0 Å². The molecule has 1 aromatic heterocycles. The molecule has 21 heavy (non-hydrogen) atoms. The minimum Gasteiger partial charge on any atom is -0.389 e. The number of hydrogen-bond acceptors (Lipinski definition) is 3. The first-order chi connectivity index (χ1) is 10.2. The molecule has 0 unspecified atom stereocenters. The molecule has 1 heterocycles. The van der Waals surface area contributed by atoms with Crippen LogP contribution in [0.5, 0.6) is 0 Å². The van der Waals surface area contributed by atoms with Gasteiger partial charge in [0.2, 0.25) is 0 Å². The maximum atomic E-state index is 10.5. The van der Waals surface area contributed by atoms with Crippen LogP contribution in [0, 0.1) is 0 Å². The smallest absolute Gasteiger partial charge is 0.0771 e. The second-order valence-electron chi connectivity index (χ2n) is 5.99. The first-order valence-corrected chi connectivity index (χ1v) is 8.01. The van der Waals surface area contributed by atoms with Gasteiger partial charge in [-0.2, -0.15) is 0 Å². The average molecular weight is 305 g/mol. The van der Waals surface area contributed by atoms with Crippen molar-refractivity contribution in [1.82, 2.24) is 10.3 Å². The zero-order valence-electron chi connectivity index (χ0n) is 12.1. The maximum Gasteiger partial charge on any atom is 0.0771 e.